The zero-order valence-corrected chi connectivity index (χ0v) is 21.5. The Morgan fingerprint density at radius 2 is 1.74 bits per heavy atom. The van der Waals surface area contributed by atoms with Crippen LogP contribution in [0.4, 0.5) is 24.7 Å². The molecular formula is C25H25F3N6O4S. The minimum atomic E-state index is -4.81. The van der Waals surface area contributed by atoms with Crippen LogP contribution in [0.3, 0.4) is 0 Å². The number of hydrogen-bond acceptors (Lipinski definition) is 8. The summed E-state index contributed by atoms with van der Waals surface area (Å²) in [5.41, 5.74) is 1.39. The van der Waals surface area contributed by atoms with Gasteiger partial charge in [0.15, 0.2) is 0 Å². The quantitative estimate of drug-likeness (QED) is 0.194. The number of hydrogen-bond donors (Lipinski definition) is 4. The Labute approximate surface area is 226 Å². The number of carbonyl (C=O) groups excluding carboxylic acids is 3. The van der Waals surface area contributed by atoms with E-state index in [1.165, 1.54) is 30.8 Å². The molecule has 0 aliphatic carbocycles. The molecule has 0 bridgehead atoms. The molecule has 14 heteroatoms. The van der Waals surface area contributed by atoms with Crippen LogP contribution in [0.5, 0.6) is 5.75 Å². The van der Waals surface area contributed by atoms with Gasteiger partial charge >= 0.3 is 6.36 Å². The molecule has 10 nitrogen and oxygen atoms in total. The molecule has 2 heterocycles. The molecule has 0 saturated heterocycles. The predicted octanol–water partition coefficient (Wildman–Crippen LogP) is 3.58. The van der Waals surface area contributed by atoms with Gasteiger partial charge in [-0.2, -0.15) is 0 Å². The summed E-state index contributed by atoms with van der Waals surface area (Å²) in [5.74, 6) is -0.545. The molecule has 0 atom stereocenters. The van der Waals surface area contributed by atoms with E-state index in [9.17, 15) is 27.6 Å². The number of anilines is 2. The fraction of sp³-hybridized carbons (Fsp3) is 0.240. The smallest absolute Gasteiger partial charge is 0.406 e. The second-order valence-electron chi connectivity index (χ2n) is 7.93. The third kappa shape index (κ3) is 10.6. The number of alkyl halides is 3. The van der Waals surface area contributed by atoms with Crippen molar-refractivity contribution in [3.05, 3.63) is 72.1 Å². The third-order valence-corrected chi connectivity index (χ3v) is 5.87. The fourth-order valence-electron chi connectivity index (χ4n) is 3.12. The standard InChI is InChI=1S/C25H25F3N6O4S/c1-16(35)30-12-11-29-14-22(36)34-21-13-17(8-10-31-21)15-39-24-20(3-2-9-32-24)23(37)33-18-4-6-19(7-5-18)38-25(26,27)28/h2-10,13,29H,11-12,14-15H2,1H3,(H,30,35)(H,33,37)(H,31,34,36). The lowest BCUT2D eigenvalue weighted by molar-refractivity contribution is -0.274. The largest absolute Gasteiger partial charge is 0.573 e. The van der Waals surface area contributed by atoms with Crippen molar-refractivity contribution in [1.29, 1.82) is 0 Å². The summed E-state index contributed by atoms with van der Waals surface area (Å²) in [4.78, 5) is 44.2. The van der Waals surface area contributed by atoms with Crippen molar-refractivity contribution in [2.24, 2.45) is 0 Å². The molecule has 1 aromatic carbocycles. The van der Waals surface area contributed by atoms with E-state index < -0.39 is 18.0 Å². The molecule has 4 N–H and O–H groups in total. The first-order chi connectivity index (χ1) is 18.6. The Morgan fingerprint density at radius 1 is 0.974 bits per heavy atom. The Hall–Kier alpha value is -4.17. The second kappa shape index (κ2) is 14.1. The molecule has 0 radical (unpaired) electrons. The van der Waals surface area contributed by atoms with Gasteiger partial charge in [-0.15, -0.1) is 24.9 Å². The molecule has 0 saturated carbocycles. The van der Waals surface area contributed by atoms with Crippen molar-refractivity contribution in [3.8, 4) is 5.75 Å². The van der Waals surface area contributed by atoms with E-state index in [4.69, 9.17) is 0 Å². The molecule has 0 unspecified atom stereocenters. The number of carbonyl (C=O) groups is 3. The van der Waals surface area contributed by atoms with Gasteiger partial charge in [0.1, 0.15) is 16.6 Å². The summed E-state index contributed by atoms with van der Waals surface area (Å²) in [6, 6.07) is 11.5. The van der Waals surface area contributed by atoms with Crippen LogP contribution >= 0.6 is 11.8 Å². The highest BCUT2D eigenvalue weighted by molar-refractivity contribution is 7.98. The minimum absolute atomic E-state index is 0.0464. The lowest BCUT2D eigenvalue weighted by Crippen LogP contribution is -2.34. The molecule has 0 aliphatic rings. The Kier molecular flexibility index (Phi) is 10.6. The molecule has 0 aliphatic heterocycles. The van der Waals surface area contributed by atoms with Gasteiger partial charge in [0.05, 0.1) is 12.1 Å². The number of amides is 3. The molecule has 0 spiro atoms. The summed E-state index contributed by atoms with van der Waals surface area (Å²) in [6.07, 6.45) is -1.71. The molecule has 3 aromatic rings. The van der Waals surface area contributed by atoms with Gasteiger partial charge in [-0.1, -0.05) is 0 Å². The fourth-order valence-corrected chi connectivity index (χ4v) is 4.05. The zero-order valence-electron chi connectivity index (χ0n) is 20.7. The highest BCUT2D eigenvalue weighted by Gasteiger charge is 2.31. The topological polar surface area (TPSA) is 134 Å². The van der Waals surface area contributed by atoms with Crippen LogP contribution in [0.2, 0.25) is 0 Å². The molecule has 0 fully saturated rings. The van der Waals surface area contributed by atoms with Crippen LogP contribution in [0.1, 0.15) is 22.8 Å². The Balaban J connectivity index is 1.54. The van der Waals surface area contributed by atoms with E-state index in [1.807, 2.05) is 0 Å². The predicted molar refractivity (Wildman–Crippen MR) is 139 cm³/mol. The molecule has 39 heavy (non-hydrogen) atoms. The van der Waals surface area contributed by atoms with E-state index in [-0.39, 0.29) is 29.6 Å². The van der Waals surface area contributed by atoms with Gasteiger partial charge in [0, 0.05) is 43.8 Å². The highest BCUT2D eigenvalue weighted by Crippen LogP contribution is 2.27. The number of nitrogens with zero attached hydrogens (tertiary/aromatic N) is 2. The van der Waals surface area contributed by atoms with Crippen molar-refractivity contribution in [1.82, 2.24) is 20.6 Å². The Morgan fingerprint density at radius 3 is 2.46 bits per heavy atom. The average molecular weight is 563 g/mol. The number of halogens is 3. The summed E-state index contributed by atoms with van der Waals surface area (Å²) in [7, 11) is 0. The minimum Gasteiger partial charge on any atom is -0.406 e. The number of pyridine rings is 2. The van der Waals surface area contributed by atoms with Crippen LogP contribution in [-0.2, 0) is 15.3 Å². The number of benzene rings is 1. The Bertz CT molecular complexity index is 1290. The van der Waals surface area contributed by atoms with Crippen LogP contribution in [0, 0.1) is 0 Å². The van der Waals surface area contributed by atoms with Crippen molar-refractivity contribution in [2.45, 2.75) is 24.1 Å². The lowest BCUT2D eigenvalue weighted by Gasteiger charge is -2.11. The maximum absolute atomic E-state index is 12.8. The number of thioether (sulfide) groups is 1. The van der Waals surface area contributed by atoms with Crippen molar-refractivity contribution in [2.75, 3.05) is 30.3 Å². The molecule has 2 aromatic heterocycles. The van der Waals surface area contributed by atoms with Gasteiger partial charge in [0.25, 0.3) is 5.91 Å². The van der Waals surface area contributed by atoms with Crippen LogP contribution < -0.4 is 26.0 Å². The van der Waals surface area contributed by atoms with Gasteiger partial charge in [-0.05, 0) is 54.1 Å². The van der Waals surface area contributed by atoms with E-state index in [0.717, 1.165) is 17.7 Å². The van der Waals surface area contributed by atoms with Crippen LogP contribution in [0.25, 0.3) is 0 Å². The van der Waals surface area contributed by atoms with Crippen molar-refractivity contribution in [3.63, 3.8) is 0 Å². The summed E-state index contributed by atoms with van der Waals surface area (Å²) in [6.45, 7) is 2.31. The summed E-state index contributed by atoms with van der Waals surface area (Å²) < 4.78 is 40.9. The first-order valence-electron chi connectivity index (χ1n) is 11.5. The molecule has 3 rings (SSSR count). The number of ether oxygens (including phenoxy) is 1. The first-order valence-corrected chi connectivity index (χ1v) is 12.5. The van der Waals surface area contributed by atoms with E-state index in [1.54, 1.807) is 36.7 Å². The highest BCUT2D eigenvalue weighted by atomic mass is 32.2. The van der Waals surface area contributed by atoms with E-state index in [2.05, 4.69) is 36.0 Å². The normalized spacial score (nSPS) is 11.0. The van der Waals surface area contributed by atoms with Crippen LogP contribution in [0.15, 0.2) is 66.0 Å². The molecular weight excluding hydrogens is 537 g/mol. The third-order valence-electron chi connectivity index (χ3n) is 4.79. The van der Waals surface area contributed by atoms with E-state index in [0.29, 0.717) is 29.7 Å². The maximum atomic E-state index is 12.8. The number of aromatic nitrogens is 2. The summed E-state index contributed by atoms with van der Waals surface area (Å²) >= 11 is 1.29. The average Bonchev–Trinajstić information content (AvgIpc) is 2.88. The number of nitrogens with one attached hydrogen (secondary N) is 4. The van der Waals surface area contributed by atoms with Crippen molar-refractivity contribution >= 4 is 41.0 Å². The maximum Gasteiger partial charge on any atom is 0.573 e. The van der Waals surface area contributed by atoms with E-state index >= 15 is 0 Å². The van der Waals surface area contributed by atoms with Crippen LogP contribution in [-0.4, -0.2) is 53.7 Å². The lowest BCUT2D eigenvalue weighted by atomic mass is 10.2. The summed E-state index contributed by atoms with van der Waals surface area (Å²) in [5, 5.41) is 11.3. The monoisotopic (exact) mass is 562 g/mol. The van der Waals surface area contributed by atoms with Gasteiger partial charge in [0.2, 0.25) is 11.8 Å². The van der Waals surface area contributed by atoms with Gasteiger partial charge in [-0.3, -0.25) is 14.4 Å². The SMILES string of the molecule is CC(=O)NCCNCC(=O)Nc1cc(CSc2ncccc2C(=O)Nc2ccc(OC(F)(F)F)cc2)ccn1. The zero-order chi connectivity index (χ0) is 28.3. The second-order valence-corrected chi connectivity index (χ2v) is 8.89. The van der Waals surface area contributed by atoms with Gasteiger partial charge in [-0.25, -0.2) is 9.97 Å². The first kappa shape index (κ1) is 29.4. The van der Waals surface area contributed by atoms with Crippen molar-refractivity contribution < 1.29 is 32.3 Å². The van der Waals surface area contributed by atoms with Gasteiger partial charge < -0.3 is 26.0 Å². The molecule has 3 amide bonds. The molecule has 206 valence electrons. The number of rotatable bonds is 12.